The third kappa shape index (κ3) is 5.81. The SMILES string of the molecule is CC(=O)N1CCCC(=O)NCCc2ccc(O)c(c2)-c2cc(ccc2F)C(=O)NCC1. The lowest BCUT2D eigenvalue weighted by Crippen LogP contribution is -2.38. The number of fused-ring (bicyclic) bond motifs is 5. The number of amides is 3. The van der Waals surface area contributed by atoms with Crippen LogP contribution in [0.4, 0.5) is 4.39 Å². The molecule has 3 N–H and O–H groups in total. The lowest BCUT2D eigenvalue weighted by molar-refractivity contribution is -0.129. The molecule has 0 atom stereocenters. The summed E-state index contributed by atoms with van der Waals surface area (Å²) in [6, 6.07) is 8.82. The fraction of sp³-hybridized carbons (Fsp3) is 0.348. The van der Waals surface area contributed by atoms with Crippen LogP contribution in [0.5, 0.6) is 5.75 Å². The molecule has 164 valence electrons. The largest absolute Gasteiger partial charge is 0.507 e. The maximum Gasteiger partial charge on any atom is 0.251 e. The second-order valence-electron chi connectivity index (χ2n) is 7.51. The molecule has 2 aromatic carbocycles. The van der Waals surface area contributed by atoms with Crippen LogP contribution in [0, 0.1) is 5.82 Å². The van der Waals surface area contributed by atoms with Gasteiger partial charge < -0.3 is 20.6 Å². The summed E-state index contributed by atoms with van der Waals surface area (Å²) in [5.41, 5.74) is 1.46. The third-order valence-electron chi connectivity index (χ3n) is 5.26. The average molecular weight is 427 g/mol. The smallest absolute Gasteiger partial charge is 0.251 e. The van der Waals surface area contributed by atoms with Gasteiger partial charge in [0, 0.05) is 56.2 Å². The predicted octanol–water partition coefficient (Wildman–Crippen LogP) is 2.23. The highest BCUT2D eigenvalue weighted by Gasteiger charge is 2.16. The summed E-state index contributed by atoms with van der Waals surface area (Å²) in [5.74, 6) is -1.32. The van der Waals surface area contributed by atoms with Gasteiger partial charge in [0.05, 0.1) is 0 Å². The van der Waals surface area contributed by atoms with Crippen LogP contribution in [0.1, 0.15) is 35.7 Å². The molecule has 0 spiro atoms. The number of phenolic OH excluding ortho intramolecular Hbond substituents is 1. The van der Waals surface area contributed by atoms with Crippen LogP contribution < -0.4 is 10.6 Å². The minimum atomic E-state index is -0.561. The Kier molecular flexibility index (Phi) is 7.23. The van der Waals surface area contributed by atoms with Crippen LogP contribution in [0.25, 0.3) is 11.1 Å². The van der Waals surface area contributed by atoms with E-state index in [1.54, 1.807) is 17.0 Å². The lowest BCUT2D eigenvalue weighted by Gasteiger charge is -2.21. The molecule has 31 heavy (non-hydrogen) atoms. The summed E-state index contributed by atoms with van der Waals surface area (Å²) in [6.07, 6.45) is 1.30. The summed E-state index contributed by atoms with van der Waals surface area (Å²) in [4.78, 5) is 38.1. The van der Waals surface area contributed by atoms with Gasteiger partial charge in [-0.3, -0.25) is 14.4 Å². The summed E-state index contributed by atoms with van der Waals surface area (Å²) in [5, 5.41) is 15.9. The summed E-state index contributed by atoms with van der Waals surface area (Å²) < 4.78 is 14.5. The average Bonchev–Trinajstić information content (AvgIpc) is 2.73. The summed E-state index contributed by atoms with van der Waals surface area (Å²) in [6.45, 7) is 2.78. The topological polar surface area (TPSA) is 98.7 Å². The Morgan fingerprint density at radius 1 is 1.00 bits per heavy atom. The monoisotopic (exact) mass is 427 g/mol. The number of phenols is 1. The van der Waals surface area contributed by atoms with E-state index in [4.69, 9.17) is 0 Å². The van der Waals surface area contributed by atoms with Crippen LogP contribution in [0.3, 0.4) is 0 Å². The van der Waals surface area contributed by atoms with E-state index >= 15 is 0 Å². The molecule has 1 heterocycles. The van der Waals surface area contributed by atoms with Gasteiger partial charge in [-0.1, -0.05) is 6.07 Å². The van der Waals surface area contributed by atoms with Gasteiger partial charge in [-0.25, -0.2) is 4.39 Å². The van der Waals surface area contributed by atoms with Crippen molar-refractivity contribution in [3.8, 4) is 16.9 Å². The van der Waals surface area contributed by atoms with Gasteiger partial charge in [0.2, 0.25) is 11.8 Å². The van der Waals surface area contributed by atoms with Gasteiger partial charge in [0.25, 0.3) is 5.91 Å². The molecule has 4 bridgehead atoms. The van der Waals surface area contributed by atoms with Crippen LogP contribution in [0.2, 0.25) is 0 Å². The minimum absolute atomic E-state index is 0.101. The third-order valence-corrected chi connectivity index (χ3v) is 5.26. The van der Waals surface area contributed by atoms with Gasteiger partial charge >= 0.3 is 0 Å². The summed E-state index contributed by atoms with van der Waals surface area (Å²) in [7, 11) is 0. The zero-order valence-corrected chi connectivity index (χ0v) is 17.4. The predicted molar refractivity (Wildman–Crippen MR) is 114 cm³/mol. The molecule has 7 nitrogen and oxygen atoms in total. The van der Waals surface area contributed by atoms with Gasteiger partial charge in [0.15, 0.2) is 0 Å². The van der Waals surface area contributed by atoms with Crippen LogP contribution in [-0.2, 0) is 16.0 Å². The molecule has 1 aliphatic heterocycles. The number of nitrogens with zero attached hydrogens (tertiary/aromatic N) is 1. The number of carbonyl (C=O) groups is 3. The van der Waals surface area contributed by atoms with Gasteiger partial charge in [-0.15, -0.1) is 0 Å². The van der Waals surface area contributed by atoms with Crippen LogP contribution >= 0.6 is 0 Å². The molecule has 0 radical (unpaired) electrons. The maximum atomic E-state index is 14.5. The Morgan fingerprint density at radius 3 is 2.58 bits per heavy atom. The van der Waals surface area contributed by atoms with Crippen molar-refractivity contribution < 1.29 is 23.9 Å². The lowest BCUT2D eigenvalue weighted by atomic mass is 9.98. The van der Waals surface area contributed by atoms with Crippen LogP contribution in [0.15, 0.2) is 36.4 Å². The van der Waals surface area contributed by atoms with E-state index in [9.17, 15) is 23.9 Å². The minimum Gasteiger partial charge on any atom is -0.507 e. The van der Waals surface area contributed by atoms with E-state index in [0.717, 1.165) is 5.56 Å². The first-order valence-electron chi connectivity index (χ1n) is 10.3. The van der Waals surface area contributed by atoms with Crippen molar-refractivity contribution in [3.63, 3.8) is 0 Å². The summed E-state index contributed by atoms with van der Waals surface area (Å²) >= 11 is 0. The number of rotatable bonds is 0. The van der Waals surface area contributed by atoms with Crippen molar-refractivity contribution in [3.05, 3.63) is 53.3 Å². The van der Waals surface area contributed by atoms with E-state index in [2.05, 4.69) is 10.6 Å². The fourth-order valence-electron chi connectivity index (χ4n) is 3.53. The quantitative estimate of drug-likeness (QED) is 0.601. The Balaban J connectivity index is 1.91. The highest BCUT2D eigenvalue weighted by molar-refractivity contribution is 5.95. The second kappa shape index (κ2) is 10.1. The number of hydrogen-bond acceptors (Lipinski definition) is 4. The van der Waals surface area contributed by atoms with Crippen molar-refractivity contribution in [1.82, 2.24) is 15.5 Å². The Bertz CT molecular complexity index is 993. The molecule has 0 saturated carbocycles. The molecule has 0 fully saturated rings. The highest BCUT2D eigenvalue weighted by Crippen LogP contribution is 2.32. The first kappa shape index (κ1) is 22.3. The zero-order chi connectivity index (χ0) is 22.4. The van der Waals surface area contributed by atoms with Gasteiger partial charge in [-0.05, 0) is 48.7 Å². The van der Waals surface area contributed by atoms with E-state index in [-0.39, 0.29) is 47.2 Å². The van der Waals surface area contributed by atoms with Crippen molar-refractivity contribution in [2.24, 2.45) is 0 Å². The standard InChI is InChI=1S/C23H26FN3O4/c1-15(28)27-11-2-3-22(30)25-9-8-16-4-7-21(29)19(13-16)18-14-17(5-6-20(18)24)23(31)26-10-12-27/h4-7,13-14,29H,2-3,8-12H2,1H3,(H,25,30)(H,26,31). The molecular weight excluding hydrogens is 401 g/mol. The normalized spacial score (nSPS) is 16.0. The Hall–Kier alpha value is -3.42. The number of hydrogen-bond donors (Lipinski definition) is 3. The highest BCUT2D eigenvalue weighted by atomic mass is 19.1. The molecule has 3 rings (SSSR count). The molecule has 3 amide bonds. The first-order chi connectivity index (χ1) is 14.8. The van der Waals surface area contributed by atoms with Crippen molar-refractivity contribution in [1.29, 1.82) is 0 Å². The molecule has 8 heteroatoms. The fourth-order valence-corrected chi connectivity index (χ4v) is 3.53. The van der Waals surface area contributed by atoms with E-state index in [1.807, 2.05) is 0 Å². The number of aromatic hydroxyl groups is 1. The Morgan fingerprint density at radius 2 is 1.81 bits per heavy atom. The van der Waals surface area contributed by atoms with Crippen molar-refractivity contribution in [2.75, 3.05) is 26.2 Å². The molecule has 0 aromatic heterocycles. The molecule has 2 aromatic rings. The number of benzene rings is 2. The molecule has 1 aliphatic rings. The maximum absolute atomic E-state index is 14.5. The molecule has 0 saturated heterocycles. The van der Waals surface area contributed by atoms with Crippen molar-refractivity contribution in [2.45, 2.75) is 26.2 Å². The second-order valence-corrected chi connectivity index (χ2v) is 7.51. The van der Waals surface area contributed by atoms with Gasteiger partial charge in [-0.2, -0.15) is 0 Å². The zero-order valence-electron chi connectivity index (χ0n) is 17.4. The Labute approximate surface area is 180 Å². The van der Waals surface area contributed by atoms with E-state index < -0.39 is 11.7 Å². The molecule has 0 aliphatic carbocycles. The first-order valence-corrected chi connectivity index (χ1v) is 10.3. The number of nitrogens with one attached hydrogen (secondary N) is 2. The van der Waals surface area contributed by atoms with E-state index in [0.29, 0.717) is 32.5 Å². The van der Waals surface area contributed by atoms with E-state index in [1.165, 1.54) is 31.2 Å². The molecule has 0 unspecified atom stereocenters. The van der Waals surface area contributed by atoms with Crippen molar-refractivity contribution >= 4 is 17.7 Å². The number of halogens is 1. The van der Waals surface area contributed by atoms with Gasteiger partial charge in [0.1, 0.15) is 11.6 Å². The number of carbonyl (C=O) groups excluding carboxylic acids is 3. The van der Waals surface area contributed by atoms with Crippen LogP contribution in [-0.4, -0.2) is 53.9 Å². The molecular formula is C23H26FN3O4.